The third kappa shape index (κ3) is 5.47. The Morgan fingerprint density at radius 2 is 2.00 bits per heavy atom. The van der Waals surface area contributed by atoms with Gasteiger partial charge in [-0.3, -0.25) is 4.79 Å². The lowest BCUT2D eigenvalue weighted by Crippen LogP contribution is -2.36. The highest BCUT2D eigenvalue weighted by molar-refractivity contribution is 7.89. The van der Waals surface area contributed by atoms with E-state index in [9.17, 15) is 13.2 Å². The normalized spacial score (nSPS) is 14.2. The van der Waals surface area contributed by atoms with Crippen LogP contribution in [0.5, 0.6) is 0 Å². The van der Waals surface area contributed by atoms with Crippen LogP contribution in [0.2, 0.25) is 0 Å². The van der Waals surface area contributed by atoms with Gasteiger partial charge in [0.15, 0.2) is 0 Å². The van der Waals surface area contributed by atoms with Gasteiger partial charge in [0.1, 0.15) is 0 Å². The van der Waals surface area contributed by atoms with E-state index in [-0.39, 0.29) is 18.7 Å². The topological polar surface area (TPSA) is 98.5 Å². The summed E-state index contributed by atoms with van der Waals surface area (Å²) in [5.74, 6) is -1.95. The van der Waals surface area contributed by atoms with Crippen LogP contribution in [0.4, 0.5) is 0 Å². The molecule has 0 aliphatic heterocycles. The van der Waals surface area contributed by atoms with Crippen LogP contribution in [0.1, 0.15) is 27.2 Å². The average Bonchev–Trinajstić information content (AvgIpc) is 2.26. The van der Waals surface area contributed by atoms with E-state index in [1.165, 1.54) is 14.0 Å². The molecule has 18 heavy (non-hydrogen) atoms. The standard InChI is InChI=1S/C11H20N2O4S/c1-9(10(14)15)7-13(4)18(16,17)6-5-11(2,3)8-12/h9H,5-7H2,1-4H3,(H,14,15). The van der Waals surface area contributed by atoms with E-state index in [1.54, 1.807) is 13.8 Å². The molecule has 0 spiro atoms. The molecule has 0 rings (SSSR count). The number of sulfonamides is 1. The van der Waals surface area contributed by atoms with Gasteiger partial charge >= 0.3 is 5.97 Å². The zero-order valence-electron chi connectivity index (χ0n) is 11.2. The summed E-state index contributed by atoms with van der Waals surface area (Å²) < 4.78 is 24.8. The Balaban J connectivity index is 4.56. The maximum absolute atomic E-state index is 11.9. The van der Waals surface area contributed by atoms with Gasteiger partial charge in [-0.05, 0) is 20.3 Å². The van der Waals surface area contributed by atoms with E-state index in [4.69, 9.17) is 10.4 Å². The number of nitrogens with zero attached hydrogens (tertiary/aromatic N) is 2. The van der Waals surface area contributed by atoms with Gasteiger partial charge in [0.25, 0.3) is 0 Å². The molecule has 0 aromatic carbocycles. The van der Waals surface area contributed by atoms with Gasteiger partial charge in [-0.15, -0.1) is 0 Å². The summed E-state index contributed by atoms with van der Waals surface area (Å²) in [5, 5.41) is 17.5. The fourth-order valence-electron chi connectivity index (χ4n) is 1.17. The van der Waals surface area contributed by atoms with E-state index < -0.39 is 27.3 Å². The number of nitriles is 1. The average molecular weight is 276 g/mol. The molecule has 1 unspecified atom stereocenters. The number of carboxylic acids is 1. The van der Waals surface area contributed by atoms with Crippen molar-refractivity contribution >= 4 is 16.0 Å². The fourth-order valence-corrected chi connectivity index (χ4v) is 2.70. The van der Waals surface area contributed by atoms with Crippen LogP contribution in [-0.4, -0.2) is 43.1 Å². The maximum Gasteiger partial charge on any atom is 0.307 e. The quantitative estimate of drug-likeness (QED) is 0.745. The van der Waals surface area contributed by atoms with Gasteiger partial charge in [-0.2, -0.15) is 5.26 Å². The molecule has 1 N–H and O–H groups in total. The van der Waals surface area contributed by atoms with Crippen molar-refractivity contribution in [3.05, 3.63) is 0 Å². The monoisotopic (exact) mass is 276 g/mol. The molecule has 1 atom stereocenters. The van der Waals surface area contributed by atoms with Crippen LogP contribution in [0, 0.1) is 22.7 Å². The zero-order valence-corrected chi connectivity index (χ0v) is 12.0. The first kappa shape index (κ1) is 16.9. The molecule has 7 heteroatoms. The molecule has 0 aromatic rings. The van der Waals surface area contributed by atoms with Gasteiger partial charge in [0.05, 0.1) is 23.2 Å². The van der Waals surface area contributed by atoms with E-state index in [1.807, 2.05) is 6.07 Å². The maximum atomic E-state index is 11.9. The van der Waals surface area contributed by atoms with Gasteiger partial charge < -0.3 is 5.11 Å². The molecule has 6 nitrogen and oxygen atoms in total. The van der Waals surface area contributed by atoms with Gasteiger partial charge in [-0.1, -0.05) is 6.92 Å². The Kier molecular flexibility index (Phi) is 5.77. The minimum Gasteiger partial charge on any atom is -0.481 e. The van der Waals surface area contributed by atoms with Crippen molar-refractivity contribution < 1.29 is 18.3 Å². The first-order chi connectivity index (χ1) is 8.02. The summed E-state index contributed by atoms with van der Waals surface area (Å²) in [7, 11) is -2.16. The molecule has 104 valence electrons. The first-order valence-corrected chi connectivity index (χ1v) is 7.21. The molecule has 0 saturated carbocycles. The summed E-state index contributed by atoms with van der Waals surface area (Å²) in [4.78, 5) is 10.7. The Morgan fingerprint density at radius 1 is 1.50 bits per heavy atom. The van der Waals surface area contributed by atoms with Gasteiger partial charge in [0, 0.05) is 13.6 Å². The zero-order chi connectivity index (χ0) is 14.6. The molecular weight excluding hydrogens is 256 g/mol. The van der Waals surface area contributed by atoms with E-state index >= 15 is 0 Å². The van der Waals surface area contributed by atoms with E-state index in [0.717, 1.165) is 4.31 Å². The smallest absolute Gasteiger partial charge is 0.307 e. The third-order valence-corrected chi connectivity index (χ3v) is 4.53. The van der Waals surface area contributed by atoms with Crippen LogP contribution >= 0.6 is 0 Å². The molecule has 0 aliphatic carbocycles. The van der Waals surface area contributed by atoms with Crippen LogP contribution in [0.25, 0.3) is 0 Å². The molecule has 0 amide bonds. The predicted molar refractivity (Wildman–Crippen MR) is 67.2 cm³/mol. The lowest BCUT2D eigenvalue weighted by Gasteiger charge is -2.21. The molecule has 0 bridgehead atoms. The van der Waals surface area contributed by atoms with Crippen molar-refractivity contribution in [1.82, 2.24) is 4.31 Å². The van der Waals surface area contributed by atoms with Crippen molar-refractivity contribution in [1.29, 1.82) is 5.26 Å². The lowest BCUT2D eigenvalue weighted by molar-refractivity contribution is -0.141. The molecule has 0 saturated heterocycles. The number of carbonyl (C=O) groups is 1. The highest BCUT2D eigenvalue weighted by Gasteiger charge is 2.26. The first-order valence-electron chi connectivity index (χ1n) is 5.60. The number of rotatable bonds is 7. The van der Waals surface area contributed by atoms with Gasteiger partial charge in [-0.25, -0.2) is 12.7 Å². The van der Waals surface area contributed by atoms with Crippen LogP contribution in [0.15, 0.2) is 0 Å². The summed E-state index contributed by atoms with van der Waals surface area (Å²) in [5.41, 5.74) is -0.702. The van der Waals surface area contributed by atoms with Crippen LogP contribution in [-0.2, 0) is 14.8 Å². The Labute approximate surface area is 108 Å². The Morgan fingerprint density at radius 3 is 2.39 bits per heavy atom. The van der Waals surface area contributed by atoms with E-state index in [0.29, 0.717) is 0 Å². The van der Waals surface area contributed by atoms with Crippen molar-refractivity contribution in [3.63, 3.8) is 0 Å². The third-order valence-electron chi connectivity index (χ3n) is 2.72. The lowest BCUT2D eigenvalue weighted by atomic mass is 9.93. The summed E-state index contributed by atoms with van der Waals surface area (Å²) in [6.07, 6.45) is 0.220. The number of hydrogen-bond acceptors (Lipinski definition) is 4. The van der Waals surface area contributed by atoms with E-state index in [2.05, 4.69) is 0 Å². The number of carboxylic acid groups (broad SMARTS) is 1. The minimum absolute atomic E-state index is 0.0648. The molecule has 0 fully saturated rings. The van der Waals surface area contributed by atoms with Crippen LogP contribution < -0.4 is 0 Å². The van der Waals surface area contributed by atoms with Crippen molar-refractivity contribution in [2.75, 3.05) is 19.3 Å². The van der Waals surface area contributed by atoms with Crippen molar-refractivity contribution in [2.45, 2.75) is 27.2 Å². The fraction of sp³-hybridized carbons (Fsp3) is 0.818. The second-order valence-electron chi connectivity index (χ2n) is 5.08. The predicted octanol–water partition coefficient (Wildman–Crippen LogP) is 0.909. The molecular formula is C11H20N2O4S. The summed E-state index contributed by atoms with van der Waals surface area (Å²) >= 11 is 0. The summed E-state index contributed by atoms with van der Waals surface area (Å²) in [6.45, 7) is 4.73. The number of hydrogen-bond donors (Lipinski definition) is 1. The van der Waals surface area contributed by atoms with Crippen molar-refractivity contribution in [3.8, 4) is 6.07 Å². The molecule has 0 aromatic heterocycles. The Bertz CT molecular complexity index is 436. The second kappa shape index (κ2) is 6.16. The van der Waals surface area contributed by atoms with Crippen molar-refractivity contribution in [2.24, 2.45) is 11.3 Å². The minimum atomic E-state index is -3.51. The Hall–Kier alpha value is -1.13. The number of aliphatic carboxylic acids is 1. The molecule has 0 radical (unpaired) electrons. The SMILES string of the molecule is CC(CN(C)S(=O)(=O)CCC(C)(C)C#N)C(=O)O. The highest BCUT2D eigenvalue weighted by Crippen LogP contribution is 2.20. The largest absolute Gasteiger partial charge is 0.481 e. The molecule has 0 heterocycles. The summed E-state index contributed by atoms with van der Waals surface area (Å²) in [6, 6.07) is 2.03. The van der Waals surface area contributed by atoms with Crippen LogP contribution in [0.3, 0.4) is 0 Å². The highest BCUT2D eigenvalue weighted by atomic mass is 32.2. The second-order valence-corrected chi connectivity index (χ2v) is 7.28. The van der Waals surface area contributed by atoms with Gasteiger partial charge in [0.2, 0.25) is 10.0 Å². The molecule has 0 aliphatic rings.